The average Bonchev–Trinajstić information content (AvgIpc) is 2.29. The van der Waals surface area contributed by atoms with Crippen molar-refractivity contribution < 1.29 is 17.6 Å². The summed E-state index contributed by atoms with van der Waals surface area (Å²) < 4.78 is 36.9. The molecule has 0 N–H and O–H groups in total. The molecule has 0 aliphatic carbocycles. The number of halogens is 1. The lowest BCUT2D eigenvalue weighted by atomic mass is 10.2. The standard InChI is InChI=1S/C11H12FNO3S/c1-8(2)17(15,16)10-5-3-4-9(6-10)11(12)13-7-14/h3-6,8,11H,1-2H3. The number of benzene rings is 1. The summed E-state index contributed by atoms with van der Waals surface area (Å²) in [4.78, 5) is 12.8. The summed E-state index contributed by atoms with van der Waals surface area (Å²) in [6.07, 6.45) is -0.782. The van der Waals surface area contributed by atoms with Gasteiger partial charge < -0.3 is 0 Å². The number of alkyl halides is 1. The maximum atomic E-state index is 13.3. The van der Waals surface area contributed by atoms with Gasteiger partial charge in [-0.2, -0.15) is 4.99 Å². The molecule has 0 amide bonds. The Bertz CT molecular complexity index is 548. The highest BCUT2D eigenvalue weighted by Crippen LogP contribution is 2.23. The van der Waals surface area contributed by atoms with Crippen LogP contribution in [0, 0.1) is 0 Å². The molecule has 0 aliphatic rings. The summed E-state index contributed by atoms with van der Waals surface area (Å²) in [6, 6.07) is 5.35. The number of carbonyl (C=O) groups excluding carboxylic acids is 1. The van der Waals surface area contributed by atoms with Crippen LogP contribution in [-0.4, -0.2) is 19.7 Å². The fourth-order valence-electron chi connectivity index (χ4n) is 1.23. The van der Waals surface area contributed by atoms with E-state index >= 15 is 0 Å². The lowest BCUT2D eigenvalue weighted by molar-refractivity contribution is 0.356. The molecule has 0 radical (unpaired) electrons. The number of hydrogen-bond donors (Lipinski definition) is 0. The molecule has 0 saturated carbocycles. The Balaban J connectivity index is 3.23. The molecule has 0 fully saturated rings. The molecule has 0 bridgehead atoms. The molecule has 1 rings (SSSR count). The lowest BCUT2D eigenvalue weighted by Gasteiger charge is -2.09. The van der Waals surface area contributed by atoms with Crippen molar-refractivity contribution in [2.45, 2.75) is 30.3 Å². The summed E-state index contributed by atoms with van der Waals surface area (Å²) in [5, 5.41) is -0.592. The second-order valence-corrected chi connectivity index (χ2v) is 6.23. The first kappa shape index (κ1) is 13.5. The fraction of sp³-hybridized carbons (Fsp3) is 0.364. The van der Waals surface area contributed by atoms with Crippen LogP contribution in [-0.2, 0) is 14.6 Å². The summed E-state index contributed by atoms with van der Waals surface area (Å²) in [7, 11) is -3.45. The van der Waals surface area contributed by atoms with E-state index in [1.807, 2.05) is 0 Å². The molecule has 0 aromatic heterocycles. The Morgan fingerprint density at radius 1 is 1.35 bits per heavy atom. The van der Waals surface area contributed by atoms with Crippen molar-refractivity contribution in [2.24, 2.45) is 4.99 Å². The van der Waals surface area contributed by atoms with Gasteiger partial charge in [0.25, 0.3) is 0 Å². The van der Waals surface area contributed by atoms with Crippen LogP contribution in [0.15, 0.2) is 34.2 Å². The van der Waals surface area contributed by atoms with E-state index in [9.17, 15) is 17.6 Å². The molecular formula is C11H12FNO3S. The highest BCUT2D eigenvalue weighted by atomic mass is 32.2. The van der Waals surface area contributed by atoms with Crippen molar-refractivity contribution in [1.29, 1.82) is 0 Å². The first-order valence-corrected chi connectivity index (χ1v) is 6.49. The van der Waals surface area contributed by atoms with Gasteiger partial charge in [-0.1, -0.05) is 12.1 Å². The molecule has 1 aromatic carbocycles. The number of isocyanates is 1. The van der Waals surface area contributed by atoms with E-state index in [4.69, 9.17) is 0 Å². The zero-order chi connectivity index (χ0) is 13.1. The summed E-state index contributed by atoms with van der Waals surface area (Å²) in [6.45, 7) is 3.08. The van der Waals surface area contributed by atoms with Crippen LogP contribution in [0.25, 0.3) is 0 Å². The van der Waals surface area contributed by atoms with Gasteiger partial charge in [-0.05, 0) is 26.0 Å². The van der Waals surface area contributed by atoms with Crippen molar-refractivity contribution in [2.75, 3.05) is 0 Å². The van der Waals surface area contributed by atoms with E-state index in [1.165, 1.54) is 24.3 Å². The van der Waals surface area contributed by atoms with Crippen molar-refractivity contribution in [3.8, 4) is 0 Å². The number of rotatable bonds is 4. The zero-order valence-electron chi connectivity index (χ0n) is 9.42. The molecule has 0 aliphatic heterocycles. The molecule has 92 valence electrons. The molecule has 1 atom stereocenters. The van der Waals surface area contributed by atoms with Gasteiger partial charge in [-0.25, -0.2) is 17.6 Å². The number of sulfone groups is 1. The van der Waals surface area contributed by atoms with E-state index in [2.05, 4.69) is 4.99 Å². The van der Waals surface area contributed by atoms with Gasteiger partial charge in [0.1, 0.15) is 0 Å². The minimum absolute atomic E-state index is 0.0220. The van der Waals surface area contributed by atoms with Gasteiger partial charge in [0.15, 0.2) is 9.84 Å². The first-order valence-electron chi connectivity index (χ1n) is 4.94. The molecule has 17 heavy (non-hydrogen) atoms. The van der Waals surface area contributed by atoms with E-state index in [0.29, 0.717) is 0 Å². The third-order valence-corrected chi connectivity index (χ3v) is 4.40. The molecule has 0 saturated heterocycles. The summed E-state index contributed by atoms with van der Waals surface area (Å²) in [5.74, 6) is 0. The molecular weight excluding hydrogens is 245 g/mol. The molecule has 1 aromatic rings. The van der Waals surface area contributed by atoms with Gasteiger partial charge in [0.2, 0.25) is 12.4 Å². The van der Waals surface area contributed by atoms with Gasteiger partial charge in [-0.15, -0.1) is 0 Å². The topological polar surface area (TPSA) is 63.6 Å². The van der Waals surface area contributed by atoms with Crippen molar-refractivity contribution in [1.82, 2.24) is 0 Å². The van der Waals surface area contributed by atoms with Crippen LogP contribution in [0.2, 0.25) is 0 Å². The molecule has 1 unspecified atom stereocenters. The number of aliphatic imine (C=N–C) groups is 1. The molecule has 0 spiro atoms. The Kier molecular flexibility index (Phi) is 4.15. The molecule has 4 nitrogen and oxygen atoms in total. The van der Waals surface area contributed by atoms with E-state index in [0.717, 1.165) is 6.08 Å². The Hall–Kier alpha value is -1.52. The monoisotopic (exact) mass is 257 g/mol. The maximum Gasteiger partial charge on any atom is 0.238 e. The highest BCUT2D eigenvalue weighted by molar-refractivity contribution is 7.92. The lowest BCUT2D eigenvalue weighted by Crippen LogP contribution is -2.14. The highest BCUT2D eigenvalue weighted by Gasteiger charge is 2.20. The third kappa shape index (κ3) is 2.99. The Morgan fingerprint density at radius 2 is 2.00 bits per heavy atom. The van der Waals surface area contributed by atoms with Crippen LogP contribution in [0.1, 0.15) is 25.7 Å². The van der Waals surface area contributed by atoms with Crippen molar-refractivity contribution in [3.05, 3.63) is 29.8 Å². The predicted molar refractivity (Wildman–Crippen MR) is 60.7 cm³/mol. The minimum Gasteiger partial charge on any atom is -0.223 e. The summed E-state index contributed by atoms with van der Waals surface area (Å²) in [5.41, 5.74) is 0.0232. The van der Waals surface area contributed by atoms with E-state index in [1.54, 1.807) is 13.8 Å². The number of hydrogen-bond acceptors (Lipinski definition) is 4. The Morgan fingerprint density at radius 3 is 2.53 bits per heavy atom. The maximum absolute atomic E-state index is 13.3. The van der Waals surface area contributed by atoms with Gasteiger partial charge in [0, 0.05) is 5.56 Å². The smallest absolute Gasteiger partial charge is 0.223 e. The van der Waals surface area contributed by atoms with Gasteiger partial charge in [0.05, 0.1) is 10.1 Å². The number of nitrogens with zero attached hydrogens (tertiary/aromatic N) is 1. The van der Waals surface area contributed by atoms with Crippen molar-refractivity contribution >= 4 is 15.9 Å². The van der Waals surface area contributed by atoms with Crippen LogP contribution >= 0.6 is 0 Å². The van der Waals surface area contributed by atoms with Crippen LogP contribution < -0.4 is 0 Å². The third-order valence-electron chi connectivity index (χ3n) is 2.25. The predicted octanol–water partition coefficient (Wildman–Crippen LogP) is 2.17. The summed E-state index contributed by atoms with van der Waals surface area (Å²) >= 11 is 0. The SMILES string of the molecule is CC(C)S(=O)(=O)c1cccc(C(F)N=C=O)c1. The second-order valence-electron chi connectivity index (χ2n) is 3.72. The van der Waals surface area contributed by atoms with E-state index < -0.39 is 21.4 Å². The Labute approximate surface area is 99.1 Å². The first-order chi connectivity index (χ1) is 7.89. The normalized spacial score (nSPS) is 13.2. The average molecular weight is 257 g/mol. The minimum atomic E-state index is -3.45. The van der Waals surface area contributed by atoms with Crippen LogP contribution in [0.5, 0.6) is 0 Å². The van der Waals surface area contributed by atoms with Gasteiger partial charge in [-0.3, -0.25) is 0 Å². The van der Waals surface area contributed by atoms with Crippen LogP contribution in [0.4, 0.5) is 4.39 Å². The second kappa shape index (κ2) is 5.21. The quantitative estimate of drug-likeness (QED) is 0.471. The van der Waals surface area contributed by atoms with E-state index in [-0.39, 0.29) is 10.5 Å². The zero-order valence-corrected chi connectivity index (χ0v) is 10.2. The van der Waals surface area contributed by atoms with Crippen molar-refractivity contribution in [3.63, 3.8) is 0 Å². The van der Waals surface area contributed by atoms with Crippen LogP contribution in [0.3, 0.4) is 0 Å². The van der Waals surface area contributed by atoms with Gasteiger partial charge >= 0.3 is 0 Å². The molecule has 6 heteroatoms. The fourth-order valence-corrected chi connectivity index (χ4v) is 2.35. The molecule has 0 heterocycles. The largest absolute Gasteiger partial charge is 0.238 e.